The predicted molar refractivity (Wildman–Crippen MR) is 96.6 cm³/mol. The molecule has 0 aliphatic carbocycles. The summed E-state index contributed by atoms with van der Waals surface area (Å²) in [7, 11) is 1.60. The Morgan fingerprint density at radius 1 is 1.04 bits per heavy atom. The van der Waals surface area contributed by atoms with Crippen LogP contribution in [0.3, 0.4) is 0 Å². The highest BCUT2D eigenvalue weighted by molar-refractivity contribution is 6.15. The van der Waals surface area contributed by atoms with Gasteiger partial charge in [0.05, 0.1) is 23.9 Å². The number of nitrogens with one attached hydrogen (secondary N) is 1. The molecule has 4 rings (SSSR count). The Balaban J connectivity index is 1.92. The molecule has 0 spiro atoms. The minimum Gasteiger partial charge on any atom is -0.496 e. The summed E-state index contributed by atoms with van der Waals surface area (Å²) in [5, 5.41) is 2.80. The number of H-pyrrole nitrogens is 1. The highest BCUT2D eigenvalue weighted by atomic mass is 19.1. The van der Waals surface area contributed by atoms with E-state index >= 15 is 0 Å². The number of rotatable bonds is 3. The van der Waals surface area contributed by atoms with Crippen molar-refractivity contribution in [3.05, 3.63) is 71.7 Å². The second-order valence-corrected chi connectivity index (χ2v) is 5.84. The van der Waals surface area contributed by atoms with Gasteiger partial charge in [0.25, 0.3) is 0 Å². The van der Waals surface area contributed by atoms with Gasteiger partial charge in [0.1, 0.15) is 11.6 Å². The van der Waals surface area contributed by atoms with Crippen LogP contribution in [0.25, 0.3) is 21.7 Å². The Morgan fingerprint density at radius 2 is 1.80 bits per heavy atom. The number of nitrogens with two attached hydrogens (primary N) is 1. The van der Waals surface area contributed by atoms with Crippen LogP contribution in [0.1, 0.15) is 16.1 Å². The molecule has 5 heteroatoms. The number of fused-ring (bicyclic) bond motifs is 3. The molecule has 4 nitrogen and oxygen atoms in total. The number of carbonyl (C=O) groups is 1. The van der Waals surface area contributed by atoms with E-state index in [0.29, 0.717) is 11.4 Å². The third kappa shape index (κ3) is 2.41. The highest BCUT2D eigenvalue weighted by Crippen LogP contribution is 2.34. The molecule has 25 heavy (non-hydrogen) atoms. The number of nitrogen functional groups attached to an aromatic ring is 1. The maximum Gasteiger partial charge on any atom is 0.212 e. The highest BCUT2D eigenvalue weighted by Gasteiger charge is 2.18. The molecule has 0 aliphatic rings. The van der Waals surface area contributed by atoms with Gasteiger partial charge in [0, 0.05) is 22.5 Å². The van der Waals surface area contributed by atoms with Crippen molar-refractivity contribution in [3.63, 3.8) is 0 Å². The molecular weight excluding hydrogens is 319 g/mol. The Morgan fingerprint density at radius 3 is 2.52 bits per heavy atom. The summed E-state index contributed by atoms with van der Waals surface area (Å²) in [6.45, 7) is 0. The Kier molecular flexibility index (Phi) is 3.42. The quantitative estimate of drug-likeness (QED) is 0.434. The van der Waals surface area contributed by atoms with Crippen LogP contribution in [0, 0.1) is 5.82 Å². The second kappa shape index (κ2) is 5.63. The van der Waals surface area contributed by atoms with Gasteiger partial charge in [-0.1, -0.05) is 24.3 Å². The average molecular weight is 334 g/mol. The van der Waals surface area contributed by atoms with Gasteiger partial charge < -0.3 is 15.5 Å². The first-order valence-electron chi connectivity index (χ1n) is 7.76. The lowest BCUT2D eigenvalue weighted by Gasteiger charge is -2.06. The fourth-order valence-electron chi connectivity index (χ4n) is 3.10. The third-order valence-electron chi connectivity index (χ3n) is 4.31. The average Bonchev–Trinajstić information content (AvgIpc) is 3.05. The van der Waals surface area contributed by atoms with Crippen molar-refractivity contribution in [3.8, 4) is 5.75 Å². The van der Waals surface area contributed by atoms with E-state index < -0.39 is 11.6 Å². The number of hydrogen-bond acceptors (Lipinski definition) is 3. The standard InChI is InChI=1S/C20H15FN2O2/c1-25-19-10-17-15(12-4-2-3-5-13(12)19)9-18(23-17)20(24)14-7-6-11(22)8-16(14)21/h2-10,23H,22H2,1H3. The van der Waals surface area contributed by atoms with Crippen LogP contribution < -0.4 is 10.5 Å². The zero-order valence-electron chi connectivity index (χ0n) is 13.5. The van der Waals surface area contributed by atoms with Crippen LogP contribution >= 0.6 is 0 Å². The Labute approximate surface area is 143 Å². The van der Waals surface area contributed by atoms with E-state index in [1.165, 1.54) is 12.1 Å². The molecule has 0 radical (unpaired) electrons. The van der Waals surface area contributed by atoms with Gasteiger partial charge in [-0.25, -0.2) is 4.39 Å². The van der Waals surface area contributed by atoms with Crippen molar-refractivity contribution >= 4 is 33.1 Å². The molecule has 0 amide bonds. The molecule has 0 saturated heterocycles. The number of anilines is 1. The summed E-state index contributed by atoms with van der Waals surface area (Å²) in [4.78, 5) is 15.8. The summed E-state index contributed by atoms with van der Waals surface area (Å²) in [6, 6.07) is 15.4. The summed E-state index contributed by atoms with van der Waals surface area (Å²) >= 11 is 0. The van der Waals surface area contributed by atoms with Crippen molar-refractivity contribution in [1.29, 1.82) is 0 Å². The fraction of sp³-hybridized carbons (Fsp3) is 0.0500. The molecule has 0 bridgehead atoms. The first-order valence-corrected chi connectivity index (χ1v) is 7.76. The molecule has 0 atom stereocenters. The molecule has 0 fully saturated rings. The van der Waals surface area contributed by atoms with E-state index in [-0.39, 0.29) is 11.3 Å². The van der Waals surface area contributed by atoms with Crippen molar-refractivity contribution in [1.82, 2.24) is 4.98 Å². The summed E-state index contributed by atoms with van der Waals surface area (Å²) < 4.78 is 19.5. The normalized spacial score (nSPS) is 11.1. The number of aromatic nitrogens is 1. The summed E-state index contributed by atoms with van der Waals surface area (Å²) in [5.41, 5.74) is 6.89. The van der Waals surface area contributed by atoms with Crippen molar-refractivity contribution in [2.24, 2.45) is 0 Å². The molecule has 1 aromatic heterocycles. The monoisotopic (exact) mass is 334 g/mol. The van der Waals surface area contributed by atoms with Gasteiger partial charge in [0.2, 0.25) is 5.78 Å². The minimum atomic E-state index is -0.633. The van der Waals surface area contributed by atoms with Gasteiger partial charge in [-0.2, -0.15) is 0 Å². The lowest BCUT2D eigenvalue weighted by Crippen LogP contribution is -2.05. The van der Waals surface area contributed by atoms with Crippen LogP contribution in [0.4, 0.5) is 10.1 Å². The number of ketones is 1. The number of carbonyl (C=O) groups excluding carboxylic acids is 1. The van der Waals surface area contributed by atoms with Crippen LogP contribution in [0.5, 0.6) is 5.75 Å². The predicted octanol–water partition coefficient (Wildman–Crippen LogP) is 4.28. The number of hydrogen-bond donors (Lipinski definition) is 2. The van der Waals surface area contributed by atoms with E-state index in [1.807, 2.05) is 30.3 Å². The second-order valence-electron chi connectivity index (χ2n) is 5.84. The van der Waals surface area contributed by atoms with Crippen molar-refractivity contribution in [2.75, 3.05) is 12.8 Å². The molecule has 1 heterocycles. The molecule has 0 unspecified atom stereocenters. The van der Waals surface area contributed by atoms with E-state index in [9.17, 15) is 9.18 Å². The first kappa shape index (κ1) is 15.2. The fourth-order valence-corrected chi connectivity index (χ4v) is 3.10. The maximum absolute atomic E-state index is 14.1. The van der Waals surface area contributed by atoms with E-state index in [1.54, 1.807) is 13.2 Å². The summed E-state index contributed by atoms with van der Waals surface area (Å²) in [6.07, 6.45) is 0. The van der Waals surface area contributed by atoms with Gasteiger partial charge in [-0.3, -0.25) is 4.79 Å². The zero-order valence-corrected chi connectivity index (χ0v) is 13.5. The van der Waals surface area contributed by atoms with Crippen LogP contribution in [0.2, 0.25) is 0 Å². The van der Waals surface area contributed by atoms with Crippen molar-refractivity contribution < 1.29 is 13.9 Å². The largest absolute Gasteiger partial charge is 0.496 e. The topological polar surface area (TPSA) is 68.1 Å². The van der Waals surface area contributed by atoms with Gasteiger partial charge in [-0.05, 0) is 29.7 Å². The lowest BCUT2D eigenvalue weighted by atomic mass is 10.0. The van der Waals surface area contributed by atoms with Gasteiger partial charge in [0.15, 0.2) is 0 Å². The van der Waals surface area contributed by atoms with Crippen LogP contribution in [-0.2, 0) is 0 Å². The third-order valence-corrected chi connectivity index (χ3v) is 4.31. The molecular formula is C20H15FN2O2. The molecule has 0 saturated carbocycles. The molecule has 124 valence electrons. The number of benzene rings is 3. The van der Waals surface area contributed by atoms with E-state index in [4.69, 9.17) is 10.5 Å². The minimum absolute atomic E-state index is 0.0166. The Bertz CT molecular complexity index is 1130. The summed E-state index contributed by atoms with van der Waals surface area (Å²) in [5.74, 6) is -0.342. The number of ether oxygens (including phenoxy) is 1. The Hall–Kier alpha value is -3.34. The van der Waals surface area contributed by atoms with Crippen molar-refractivity contribution in [2.45, 2.75) is 0 Å². The lowest BCUT2D eigenvalue weighted by molar-refractivity contribution is 0.103. The van der Waals surface area contributed by atoms with Crippen LogP contribution in [0.15, 0.2) is 54.6 Å². The SMILES string of the molecule is COc1cc2[nH]c(C(=O)c3ccc(N)cc3F)cc2c2ccccc12. The molecule has 4 aromatic rings. The number of methoxy groups -OCH3 is 1. The first-order chi connectivity index (χ1) is 12.1. The number of halogens is 1. The van der Waals surface area contributed by atoms with Gasteiger partial charge in [-0.15, -0.1) is 0 Å². The van der Waals surface area contributed by atoms with E-state index in [2.05, 4.69) is 4.98 Å². The maximum atomic E-state index is 14.1. The smallest absolute Gasteiger partial charge is 0.212 e. The van der Waals surface area contributed by atoms with Gasteiger partial charge >= 0.3 is 0 Å². The molecule has 3 N–H and O–H groups in total. The van der Waals surface area contributed by atoms with Crippen LogP contribution in [-0.4, -0.2) is 17.9 Å². The number of aromatic amines is 1. The van der Waals surface area contributed by atoms with E-state index in [0.717, 1.165) is 27.7 Å². The molecule has 0 aliphatic heterocycles. The zero-order chi connectivity index (χ0) is 17.6. The molecule has 3 aromatic carbocycles.